The van der Waals surface area contributed by atoms with Gasteiger partial charge in [-0.15, -0.1) is 0 Å². The Hall–Kier alpha value is -2.98. The summed E-state index contributed by atoms with van der Waals surface area (Å²) in [5.41, 5.74) is 3.25. The van der Waals surface area contributed by atoms with E-state index in [1.165, 1.54) is 24.3 Å². The molecular weight excluding hydrogens is 392 g/mol. The van der Waals surface area contributed by atoms with E-state index in [0.29, 0.717) is 6.61 Å². The lowest BCUT2D eigenvalue weighted by molar-refractivity contribution is 0.00960. The zero-order valence-corrected chi connectivity index (χ0v) is 17.6. The average Bonchev–Trinajstić information content (AvgIpc) is 3.05. The fraction of sp³-hybridized carbons (Fsp3) is 0.259. The zero-order chi connectivity index (χ0) is 21.6. The van der Waals surface area contributed by atoms with Gasteiger partial charge in [-0.25, -0.2) is 8.78 Å². The fourth-order valence-corrected chi connectivity index (χ4v) is 5.19. The third kappa shape index (κ3) is 3.35. The number of para-hydroxylation sites is 1. The first-order valence-corrected chi connectivity index (χ1v) is 10.6. The van der Waals surface area contributed by atoms with Crippen molar-refractivity contribution in [2.24, 2.45) is 11.3 Å². The summed E-state index contributed by atoms with van der Waals surface area (Å²) in [6.07, 6.45) is 4.13. The van der Waals surface area contributed by atoms with E-state index in [0.717, 1.165) is 22.4 Å². The van der Waals surface area contributed by atoms with Crippen LogP contribution >= 0.6 is 0 Å². The molecule has 3 aromatic carbocycles. The van der Waals surface area contributed by atoms with Crippen molar-refractivity contribution in [1.82, 2.24) is 0 Å². The molecule has 0 spiro atoms. The van der Waals surface area contributed by atoms with Crippen molar-refractivity contribution in [3.05, 3.63) is 107 Å². The molecule has 2 heterocycles. The molecule has 0 saturated carbocycles. The first kappa shape index (κ1) is 20.0. The van der Waals surface area contributed by atoms with E-state index in [9.17, 15) is 8.78 Å². The highest BCUT2D eigenvalue weighted by atomic mass is 19.1. The highest BCUT2D eigenvalue weighted by Gasteiger charge is 2.59. The van der Waals surface area contributed by atoms with Crippen molar-refractivity contribution >= 4 is 11.8 Å². The SMILES string of the molecule is CC1(C)CO[C@@]2(/C=C/c3ccc(F)cc3)c3ccccc3N[C@H](c3ccc(F)cc3)[C@@H]12. The Morgan fingerprint density at radius 1 is 0.903 bits per heavy atom. The Morgan fingerprint density at radius 2 is 1.55 bits per heavy atom. The number of halogens is 2. The van der Waals surface area contributed by atoms with Crippen LogP contribution in [0.25, 0.3) is 6.08 Å². The standard InChI is InChI=1S/C27H25F2NO/c1-26(2)17-31-27(16-15-18-7-11-20(28)12-8-18)22-5-3-4-6-23(22)30-24(25(26)27)19-9-13-21(29)14-10-19/h3-16,24-25,30H,17H2,1-2H3/b16-15+/t24-,25+,27+/m1/s1. The molecular formula is C27H25F2NO. The van der Waals surface area contributed by atoms with Gasteiger partial charge in [0.05, 0.1) is 12.6 Å². The summed E-state index contributed by atoms with van der Waals surface area (Å²) in [5.74, 6) is -0.434. The quantitative estimate of drug-likeness (QED) is 0.511. The van der Waals surface area contributed by atoms with Gasteiger partial charge in [-0.3, -0.25) is 0 Å². The van der Waals surface area contributed by atoms with Crippen LogP contribution in [0.15, 0.2) is 78.9 Å². The van der Waals surface area contributed by atoms with Gasteiger partial charge in [-0.1, -0.05) is 62.4 Å². The first-order valence-electron chi connectivity index (χ1n) is 10.6. The van der Waals surface area contributed by atoms with Gasteiger partial charge in [-0.05, 0) is 52.9 Å². The van der Waals surface area contributed by atoms with Crippen LogP contribution < -0.4 is 5.32 Å². The van der Waals surface area contributed by atoms with Crippen molar-refractivity contribution < 1.29 is 13.5 Å². The van der Waals surface area contributed by atoms with Gasteiger partial charge in [0.25, 0.3) is 0 Å². The van der Waals surface area contributed by atoms with E-state index >= 15 is 0 Å². The number of benzene rings is 3. The smallest absolute Gasteiger partial charge is 0.123 e. The van der Waals surface area contributed by atoms with E-state index in [1.54, 1.807) is 12.1 Å². The van der Waals surface area contributed by atoms with Crippen LogP contribution in [0.4, 0.5) is 14.5 Å². The summed E-state index contributed by atoms with van der Waals surface area (Å²) in [6, 6.07) is 21.3. The second-order valence-electron chi connectivity index (χ2n) is 9.15. The molecule has 2 aliphatic rings. The monoisotopic (exact) mass is 417 g/mol. The summed E-state index contributed by atoms with van der Waals surface area (Å²) in [4.78, 5) is 0. The maximum absolute atomic E-state index is 13.6. The molecule has 2 nitrogen and oxygen atoms in total. The van der Waals surface area contributed by atoms with Crippen LogP contribution in [-0.4, -0.2) is 6.61 Å². The lowest BCUT2D eigenvalue weighted by atomic mass is 9.63. The lowest BCUT2D eigenvalue weighted by Crippen LogP contribution is -2.45. The predicted octanol–water partition coefficient (Wildman–Crippen LogP) is 6.71. The lowest BCUT2D eigenvalue weighted by Gasteiger charge is -2.47. The molecule has 0 radical (unpaired) electrons. The van der Waals surface area contributed by atoms with Crippen LogP contribution in [-0.2, 0) is 10.3 Å². The van der Waals surface area contributed by atoms with E-state index in [1.807, 2.05) is 30.3 Å². The predicted molar refractivity (Wildman–Crippen MR) is 120 cm³/mol. The Bertz CT molecular complexity index is 1120. The summed E-state index contributed by atoms with van der Waals surface area (Å²) in [7, 11) is 0. The summed E-state index contributed by atoms with van der Waals surface area (Å²) >= 11 is 0. The normalized spacial score (nSPS) is 26.3. The minimum atomic E-state index is -0.654. The van der Waals surface area contributed by atoms with Crippen molar-refractivity contribution in [2.45, 2.75) is 25.5 Å². The number of hydrogen-bond donors (Lipinski definition) is 1. The molecule has 3 aromatic rings. The largest absolute Gasteiger partial charge is 0.377 e. The molecule has 2 aliphatic heterocycles. The highest BCUT2D eigenvalue weighted by Crippen LogP contribution is 2.61. The third-order valence-corrected chi connectivity index (χ3v) is 6.60. The van der Waals surface area contributed by atoms with E-state index in [-0.39, 0.29) is 29.0 Å². The maximum atomic E-state index is 13.6. The minimum absolute atomic E-state index is 0.0501. The molecule has 0 unspecified atom stereocenters. The Balaban J connectivity index is 1.67. The molecule has 3 atom stereocenters. The molecule has 4 heteroatoms. The molecule has 0 amide bonds. The number of ether oxygens (including phenoxy) is 1. The molecule has 1 N–H and O–H groups in total. The number of rotatable bonds is 3. The number of fused-ring (bicyclic) bond motifs is 3. The van der Waals surface area contributed by atoms with Gasteiger partial charge in [0.2, 0.25) is 0 Å². The van der Waals surface area contributed by atoms with Crippen LogP contribution in [0.1, 0.15) is 36.6 Å². The van der Waals surface area contributed by atoms with Crippen molar-refractivity contribution in [3.63, 3.8) is 0 Å². The van der Waals surface area contributed by atoms with Gasteiger partial charge in [-0.2, -0.15) is 0 Å². The van der Waals surface area contributed by atoms with E-state index in [4.69, 9.17) is 4.74 Å². The highest BCUT2D eigenvalue weighted by molar-refractivity contribution is 5.63. The second kappa shape index (κ2) is 7.31. The van der Waals surface area contributed by atoms with Gasteiger partial charge in [0, 0.05) is 17.2 Å². The van der Waals surface area contributed by atoms with Crippen molar-refractivity contribution in [2.75, 3.05) is 11.9 Å². The Labute approximate surface area is 181 Å². The van der Waals surface area contributed by atoms with Crippen molar-refractivity contribution in [1.29, 1.82) is 0 Å². The van der Waals surface area contributed by atoms with Crippen LogP contribution in [0, 0.1) is 23.0 Å². The molecule has 0 bridgehead atoms. The second-order valence-corrected chi connectivity index (χ2v) is 9.15. The number of anilines is 1. The first-order chi connectivity index (χ1) is 14.9. The Kier molecular flexibility index (Phi) is 4.71. The van der Waals surface area contributed by atoms with Gasteiger partial charge in [0.15, 0.2) is 0 Å². The van der Waals surface area contributed by atoms with E-state index < -0.39 is 5.60 Å². The zero-order valence-electron chi connectivity index (χ0n) is 17.6. The Morgan fingerprint density at radius 3 is 2.26 bits per heavy atom. The molecule has 0 aliphatic carbocycles. The molecule has 31 heavy (non-hydrogen) atoms. The van der Waals surface area contributed by atoms with Gasteiger partial charge < -0.3 is 10.1 Å². The maximum Gasteiger partial charge on any atom is 0.123 e. The third-order valence-electron chi connectivity index (χ3n) is 6.60. The molecule has 0 aromatic heterocycles. The van der Waals surface area contributed by atoms with Crippen molar-refractivity contribution in [3.8, 4) is 0 Å². The van der Waals surface area contributed by atoms with Gasteiger partial charge in [0.1, 0.15) is 17.2 Å². The van der Waals surface area contributed by atoms with E-state index in [2.05, 4.69) is 37.4 Å². The number of nitrogens with one attached hydrogen (secondary N) is 1. The molecule has 1 saturated heterocycles. The molecule has 5 rings (SSSR count). The van der Waals surface area contributed by atoms with Crippen LogP contribution in [0.3, 0.4) is 0 Å². The summed E-state index contributed by atoms with van der Waals surface area (Å²) in [5, 5.41) is 3.70. The number of hydrogen-bond acceptors (Lipinski definition) is 2. The average molecular weight is 417 g/mol. The minimum Gasteiger partial charge on any atom is -0.377 e. The molecule has 1 fully saturated rings. The summed E-state index contributed by atoms with van der Waals surface area (Å²) < 4.78 is 33.7. The fourth-order valence-electron chi connectivity index (χ4n) is 5.19. The van der Waals surface area contributed by atoms with Gasteiger partial charge >= 0.3 is 0 Å². The summed E-state index contributed by atoms with van der Waals surface area (Å²) in [6.45, 7) is 5.04. The van der Waals surface area contributed by atoms with Crippen LogP contribution in [0.5, 0.6) is 0 Å². The topological polar surface area (TPSA) is 21.3 Å². The molecule has 158 valence electrons. The van der Waals surface area contributed by atoms with Crippen LogP contribution in [0.2, 0.25) is 0 Å².